The number of aromatic nitrogens is 2. The van der Waals surface area contributed by atoms with Gasteiger partial charge in [0.15, 0.2) is 0 Å². The standard InChI is InChI=1S/C26H29BrF3N5O3/c1-25(2,3)38-24(37)33-11-5-8-19(15-33)34-21-10-9-16(14-27)12-20(21)32-23(34)35(31)22(36)17-6-4-7-18(13-17)26(28,29)30/h4,6-7,9-10,12-13,19H,5,8,11,14-15,31H2,1-3H3/t19-/m1/s1. The monoisotopic (exact) mass is 595 g/mol. The van der Waals surface area contributed by atoms with Crippen LogP contribution in [0, 0.1) is 0 Å². The van der Waals surface area contributed by atoms with E-state index >= 15 is 0 Å². The Balaban J connectivity index is 1.74. The highest BCUT2D eigenvalue weighted by molar-refractivity contribution is 9.08. The van der Waals surface area contributed by atoms with Gasteiger partial charge in [0.05, 0.1) is 22.6 Å². The Morgan fingerprint density at radius 2 is 1.92 bits per heavy atom. The van der Waals surface area contributed by atoms with E-state index in [1.807, 2.05) is 18.2 Å². The first-order valence-electron chi connectivity index (χ1n) is 12.1. The van der Waals surface area contributed by atoms with Gasteiger partial charge in [-0.1, -0.05) is 28.1 Å². The van der Waals surface area contributed by atoms with Crippen molar-refractivity contribution in [2.75, 3.05) is 18.1 Å². The predicted molar refractivity (Wildman–Crippen MR) is 141 cm³/mol. The second kappa shape index (κ2) is 10.6. The number of halogens is 4. The van der Waals surface area contributed by atoms with Crippen molar-refractivity contribution in [2.45, 2.75) is 56.8 Å². The molecule has 204 valence electrons. The zero-order chi connectivity index (χ0) is 27.8. The van der Waals surface area contributed by atoms with Gasteiger partial charge in [0.2, 0.25) is 5.95 Å². The molecule has 1 aliphatic heterocycles. The number of carbonyl (C=O) groups is 2. The summed E-state index contributed by atoms with van der Waals surface area (Å²) in [5.74, 6) is 5.49. The molecule has 38 heavy (non-hydrogen) atoms. The fraction of sp³-hybridized carbons (Fsp3) is 0.423. The molecule has 4 rings (SSSR count). The summed E-state index contributed by atoms with van der Waals surface area (Å²) in [7, 11) is 0. The summed E-state index contributed by atoms with van der Waals surface area (Å²) in [6, 6.07) is 9.41. The van der Waals surface area contributed by atoms with E-state index in [2.05, 4.69) is 20.9 Å². The number of amides is 2. The van der Waals surface area contributed by atoms with Crippen LogP contribution in [0.2, 0.25) is 0 Å². The normalized spacial score (nSPS) is 16.5. The van der Waals surface area contributed by atoms with Gasteiger partial charge in [0.1, 0.15) is 5.60 Å². The van der Waals surface area contributed by atoms with Crippen LogP contribution >= 0.6 is 15.9 Å². The highest BCUT2D eigenvalue weighted by Gasteiger charge is 2.34. The SMILES string of the molecule is CC(C)(C)OC(=O)N1CCC[C@@H](n2c(N(N)C(=O)c3cccc(C(F)(F)F)c3)nc3cc(CBr)ccc32)C1. The Morgan fingerprint density at radius 3 is 2.58 bits per heavy atom. The van der Waals surface area contributed by atoms with Crippen LogP contribution in [-0.4, -0.2) is 45.1 Å². The summed E-state index contributed by atoms with van der Waals surface area (Å²) in [5.41, 5.74) is 0.370. The molecular weight excluding hydrogens is 567 g/mol. The molecule has 0 spiro atoms. The number of hydrogen-bond donors (Lipinski definition) is 1. The number of piperidine rings is 1. The number of benzene rings is 2. The van der Waals surface area contributed by atoms with Crippen molar-refractivity contribution in [1.29, 1.82) is 0 Å². The van der Waals surface area contributed by atoms with E-state index in [1.165, 1.54) is 6.07 Å². The lowest BCUT2D eigenvalue weighted by Crippen LogP contribution is -2.45. The van der Waals surface area contributed by atoms with Gasteiger partial charge < -0.3 is 14.2 Å². The van der Waals surface area contributed by atoms with E-state index < -0.39 is 29.3 Å². The summed E-state index contributed by atoms with van der Waals surface area (Å²) < 4.78 is 47.1. The molecule has 0 unspecified atom stereocenters. The zero-order valence-electron chi connectivity index (χ0n) is 21.3. The number of likely N-dealkylation sites (tertiary alicyclic amines) is 1. The smallest absolute Gasteiger partial charge is 0.416 e. The Kier molecular flexibility index (Phi) is 7.76. The first-order chi connectivity index (χ1) is 17.8. The number of anilines is 1. The van der Waals surface area contributed by atoms with E-state index in [9.17, 15) is 22.8 Å². The average Bonchev–Trinajstić information content (AvgIpc) is 3.25. The molecule has 1 aliphatic rings. The van der Waals surface area contributed by atoms with Crippen molar-refractivity contribution < 1.29 is 27.5 Å². The van der Waals surface area contributed by atoms with Crippen LogP contribution in [0.1, 0.15) is 61.1 Å². The third kappa shape index (κ3) is 5.96. The Bertz CT molecular complexity index is 1350. The fourth-order valence-corrected chi connectivity index (χ4v) is 4.81. The van der Waals surface area contributed by atoms with Crippen molar-refractivity contribution in [2.24, 2.45) is 5.84 Å². The van der Waals surface area contributed by atoms with Gasteiger partial charge in [0.25, 0.3) is 5.91 Å². The van der Waals surface area contributed by atoms with Crippen LogP contribution in [0.4, 0.5) is 23.9 Å². The van der Waals surface area contributed by atoms with Crippen LogP contribution in [0.3, 0.4) is 0 Å². The van der Waals surface area contributed by atoms with Crippen LogP contribution in [-0.2, 0) is 16.2 Å². The van der Waals surface area contributed by atoms with Gasteiger partial charge in [-0.05, 0) is 69.5 Å². The molecule has 12 heteroatoms. The lowest BCUT2D eigenvalue weighted by atomic mass is 10.1. The average molecular weight is 596 g/mol. The minimum Gasteiger partial charge on any atom is -0.444 e. The van der Waals surface area contributed by atoms with Crippen LogP contribution in [0.5, 0.6) is 0 Å². The molecular formula is C26H29BrF3N5O3. The molecule has 2 heterocycles. The number of carbonyl (C=O) groups excluding carboxylic acids is 2. The largest absolute Gasteiger partial charge is 0.444 e. The van der Waals surface area contributed by atoms with E-state index in [0.717, 1.165) is 28.8 Å². The van der Waals surface area contributed by atoms with Crippen molar-refractivity contribution in [3.8, 4) is 0 Å². The Labute approximate surface area is 226 Å². The zero-order valence-corrected chi connectivity index (χ0v) is 22.8. The van der Waals surface area contributed by atoms with Gasteiger partial charge in [-0.15, -0.1) is 0 Å². The lowest BCUT2D eigenvalue weighted by Gasteiger charge is -2.35. The summed E-state index contributed by atoms with van der Waals surface area (Å²) in [4.78, 5) is 32.3. The van der Waals surface area contributed by atoms with Gasteiger partial charge in [0, 0.05) is 24.0 Å². The number of alkyl halides is 4. The molecule has 0 radical (unpaired) electrons. The van der Waals surface area contributed by atoms with Gasteiger partial charge in [-0.2, -0.15) is 13.2 Å². The molecule has 2 N–H and O–H groups in total. The van der Waals surface area contributed by atoms with Gasteiger partial charge in [-0.3, -0.25) is 4.79 Å². The number of rotatable bonds is 4. The maximum atomic E-state index is 13.3. The second-order valence-electron chi connectivity index (χ2n) is 10.2. The fourth-order valence-electron chi connectivity index (χ4n) is 4.46. The highest BCUT2D eigenvalue weighted by atomic mass is 79.9. The Morgan fingerprint density at radius 1 is 1.18 bits per heavy atom. The summed E-state index contributed by atoms with van der Waals surface area (Å²) >= 11 is 3.42. The minimum atomic E-state index is -4.61. The van der Waals surface area contributed by atoms with Crippen molar-refractivity contribution in [3.63, 3.8) is 0 Å². The third-order valence-electron chi connectivity index (χ3n) is 6.17. The number of hydrogen-bond acceptors (Lipinski definition) is 5. The lowest BCUT2D eigenvalue weighted by molar-refractivity contribution is -0.137. The minimum absolute atomic E-state index is 0.0742. The molecule has 2 amide bonds. The molecule has 0 saturated carbocycles. The number of nitrogens with two attached hydrogens (primary N) is 1. The molecule has 1 saturated heterocycles. The van der Waals surface area contributed by atoms with E-state index in [-0.39, 0.29) is 17.6 Å². The number of hydrazine groups is 1. The highest BCUT2D eigenvalue weighted by Crippen LogP contribution is 2.34. The van der Waals surface area contributed by atoms with Gasteiger partial charge in [-0.25, -0.2) is 20.6 Å². The third-order valence-corrected chi connectivity index (χ3v) is 6.82. The van der Waals surface area contributed by atoms with E-state index in [0.29, 0.717) is 42.3 Å². The number of nitrogens with zero attached hydrogens (tertiary/aromatic N) is 4. The van der Waals surface area contributed by atoms with Crippen molar-refractivity contribution >= 4 is 44.9 Å². The summed E-state index contributed by atoms with van der Waals surface area (Å²) in [6.07, 6.45) is -3.71. The maximum absolute atomic E-state index is 13.3. The predicted octanol–water partition coefficient (Wildman–Crippen LogP) is 6.04. The molecule has 3 aromatic rings. The molecule has 0 bridgehead atoms. The number of fused-ring (bicyclic) bond motifs is 1. The molecule has 0 aliphatic carbocycles. The number of ether oxygens (including phenoxy) is 1. The van der Waals surface area contributed by atoms with E-state index in [4.69, 9.17) is 10.6 Å². The van der Waals surface area contributed by atoms with Crippen molar-refractivity contribution in [1.82, 2.24) is 14.5 Å². The summed E-state index contributed by atoms with van der Waals surface area (Å²) in [6.45, 7) is 6.18. The topological polar surface area (TPSA) is 93.7 Å². The molecule has 8 nitrogen and oxygen atoms in total. The molecule has 1 atom stereocenters. The second-order valence-corrected chi connectivity index (χ2v) is 10.8. The molecule has 1 fully saturated rings. The van der Waals surface area contributed by atoms with Crippen molar-refractivity contribution in [3.05, 3.63) is 59.2 Å². The van der Waals surface area contributed by atoms with E-state index in [1.54, 1.807) is 30.2 Å². The summed E-state index contributed by atoms with van der Waals surface area (Å²) in [5, 5.41) is 1.35. The molecule has 2 aromatic carbocycles. The first-order valence-corrected chi connectivity index (χ1v) is 13.2. The first kappa shape index (κ1) is 27.9. The molecule has 1 aromatic heterocycles. The van der Waals surface area contributed by atoms with Crippen LogP contribution < -0.4 is 10.9 Å². The Hall–Kier alpha value is -3.12. The maximum Gasteiger partial charge on any atom is 0.416 e. The number of imidazole rings is 1. The van der Waals surface area contributed by atoms with Gasteiger partial charge >= 0.3 is 12.3 Å². The van der Waals surface area contributed by atoms with Crippen LogP contribution in [0.25, 0.3) is 11.0 Å². The quantitative estimate of drug-likeness (QED) is 0.172. The van der Waals surface area contributed by atoms with Crippen LogP contribution in [0.15, 0.2) is 42.5 Å².